The molecule has 4 nitrogen and oxygen atoms in total. The second-order valence-electron chi connectivity index (χ2n) is 4.03. The number of rotatable bonds is 5. The van der Waals surface area contributed by atoms with Crippen molar-refractivity contribution in [2.45, 2.75) is 6.10 Å². The Kier molecular flexibility index (Phi) is 4.15. The van der Waals surface area contributed by atoms with Gasteiger partial charge < -0.3 is 14.9 Å². The number of carbonyl (C=O) groups is 1. The zero-order chi connectivity index (χ0) is 13.7. The summed E-state index contributed by atoms with van der Waals surface area (Å²) in [6, 6.07) is 15.5. The van der Waals surface area contributed by atoms with Crippen LogP contribution in [0.2, 0.25) is 0 Å². The molecular formula is C15H14O4. The maximum atomic E-state index is 10.7. The average molecular weight is 258 g/mol. The molecule has 0 aromatic heterocycles. The van der Waals surface area contributed by atoms with Crippen LogP contribution in [0.5, 0.6) is 5.75 Å². The molecule has 0 saturated carbocycles. The molecular weight excluding hydrogens is 244 g/mol. The second kappa shape index (κ2) is 6.02. The van der Waals surface area contributed by atoms with E-state index in [9.17, 15) is 9.90 Å². The molecule has 0 bridgehead atoms. The van der Waals surface area contributed by atoms with Crippen molar-refractivity contribution in [1.82, 2.24) is 0 Å². The summed E-state index contributed by atoms with van der Waals surface area (Å²) in [5.74, 6) is -0.457. The first-order valence-electron chi connectivity index (χ1n) is 5.86. The number of aliphatic hydroxyl groups excluding tert-OH is 1. The molecule has 0 aliphatic rings. The Bertz CT molecular complexity index is 534. The zero-order valence-corrected chi connectivity index (χ0v) is 10.2. The highest BCUT2D eigenvalue weighted by molar-refractivity contribution is 5.87. The molecule has 19 heavy (non-hydrogen) atoms. The minimum absolute atomic E-state index is 0.148. The van der Waals surface area contributed by atoms with Gasteiger partial charge in [0.05, 0.1) is 12.2 Å². The van der Waals surface area contributed by atoms with Crippen LogP contribution in [0, 0.1) is 0 Å². The topological polar surface area (TPSA) is 66.8 Å². The van der Waals surface area contributed by atoms with Crippen LogP contribution < -0.4 is 4.74 Å². The van der Waals surface area contributed by atoms with Gasteiger partial charge in [0, 0.05) is 0 Å². The predicted octanol–water partition coefficient (Wildman–Crippen LogP) is 2.50. The van der Waals surface area contributed by atoms with E-state index in [4.69, 9.17) is 9.84 Å². The van der Waals surface area contributed by atoms with Crippen molar-refractivity contribution in [3.05, 3.63) is 65.7 Å². The van der Waals surface area contributed by atoms with E-state index < -0.39 is 12.1 Å². The molecule has 2 N–H and O–H groups in total. The fraction of sp³-hybridized carbons (Fsp3) is 0.133. The van der Waals surface area contributed by atoms with Gasteiger partial charge >= 0.3 is 5.97 Å². The van der Waals surface area contributed by atoms with E-state index in [1.807, 2.05) is 30.3 Å². The van der Waals surface area contributed by atoms with E-state index in [0.29, 0.717) is 5.75 Å². The fourth-order valence-corrected chi connectivity index (χ4v) is 1.72. The fourth-order valence-electron chi connectivity index (χ4n) is 1.72. The van der Waals surface area contributed by atoms with Crippen LogP contribution in [0.3, 0.4) is 0 Å². The van der Waals surface area contributed by atoms with E-state index in [1.165, 1.54) is 12.1 Å². The Morgan fingerprint density at radius 3 is 2.21 bits per heavy atom. The van der Waals surface area contributed by atoms with Gasteiger partial charge in [-0.05, 0) is 29.8 Å². The van der Waals surface area contributed by atoms with E-state index in [-0.39, 0.29) is 12.2 Å². The van der Waals surface area contributed by atoms with Crippen LogP contribution in [-0.4, -0.2) is 22.8 Å². The summed E-state index contributed by atoms with van der Waals surface area (Å²) in [6.07, 6.45) is -0.461. The maximum Gasteiger partial charge on any atom is 0.335 e. The molecule has 0 aliphatic carbocycles. The Balaban J connectivity index is 2.12. The smallest absolute Gasteiger partial charge is 0.335 e. The van der Waals surface area contributed by atoms with Gasteiger partial charge in [-0.2, -0.15) is 0 Å². The van der Waals surface area contributed by atoms with Crippen molar-refractivity contribution < 1.29 is 19.7 Å². The summed E-state index contributed by atoms with van der Waals surface area (Å²) in [5.41, 5.74) is 1.07. The van der Waals surface area contributed by atoms with Gasteiger partial charge in [0.1, 0.15) is 11.9 Å². The van der Waals surface area contributed by atoms with E-state index in [0.717, 1.165) is 5.56 Å². The highest BCUT2D eigenvalue weighted by atomic mass is 16.5. The van der Waals surface area contributed by atoms with E-state index in [2.05, 4.69) is 0 Å². The number of carboxylic acids is 1. The number of hydrogen-bond acceptors (Lipinski definition) is 3. The Morgan fingerprint density at radius 1 is 1.05 bits per heavy atom. The van der Waals surface area contributed by atoms with Gasteiger partial charge in [-0.3, -0.25) is 0 Å². The van der Waals surface area contributed by atoms with Crippen LogP contribution in [0.15, 0.2) is 54.6 Å². The number of aromatic carboxylic acids is 1. The third-order valence-corrected chi connectivity index (χ3v) is 2.72. The number of benzene rings is 2. The predicted molar refractivity (Wildman–Crippen MR) is 70.3 cm³/mol. The van der Waals surface area contributed by atoms with E-state index >= 15 is 0 Å². The first-order chi connectivity index (χ1) is 9.20. The number of carboxylic acid groups (broad SMARTS) is 1. The summed E-state index contributed by atoms with van der Waals surface area (Å²) in [4.78, 5) is 10.7. The SMILES string of the molecule is O=C(O)c1ccc(OC(CO)c2ccccc2)cc1. The summed E-state index contributed by atoms with van der Waals surface area (Å²) in [5, 5.41) is 18.2. The molecule has 4 heteroatoms. The van der Waals surface area contributed by atoms with Crippen LogP contribution in [0.25, 0.3) is 0 Å². The van der Waals surface area contributed by atoms with Crippen LogP contribution in [0.1, 0.15) is 22.0 Å². The lowest BCUT2D eigenvalue weighted by molar-refractivity contribution is 0.0696. The van der Waals surface area contributed by atoms with Crippen molar-refractivity contribution in [1.29, 1.82) is 0 Å². The first-order valence-corrected chi connectivity index (χ1v) is 5.86. The van der Waals surface area contributed by atoms with Crippen LogP contribution >= 0.6 is 0 Å². The molecule has 2 rings (SSSR count). The third kappa shape index (κ3) is 3.33. The molecule has 0 radical (unpaired) electrons. The zero-order valence-electron chi connectivity index (χ0n) is 10.2. The van der Waals surface area contributed by atoms with Crippen LogP contribution in [0.4, 0.5) is 0 Å². The quantitative estimate of drug-likeness (QED) is 0.864. The maximum absolute atomic E-state index is 10.7. The standard InChI is InChI=1S/C15H14O4/c16-10-14(11-4-2-1-3-5-11)19-13-8-6-12(7-9-13)15(17)18/h1-9,14,16H,10H2,(H,17,18). The molecule has 1 atom stereocenters. The summed E-state index contributed by atoms with van der Waals surface area (Å²) < 4.78 is 5.64. The molecule has 0 aliphatic heterocycles. The summed E-state index contributed by atoms with van der Waals surface area (Å²) in [6.45, 7) is -0.148. The minimum Gasteiger partial charge on any atom is -0.483 e. The Labute approximate surface area is 110 Å². The van der Waals surface area contributed by atoms with Gasteiger partial charge in [0.25, 0.3) is 0 Å². The summed E-state index contributed by atoms with van der Waals surface area (Å²) in [7, 11) is 0. The van der Waals surface area contributed by atoms with Gasteiger partial charge in [-0.25, -0.2) is 4.79 Å². The van der Waals surface area contributed by atoms with Crippen molar-refractivity contribution in [2.24, 2.45) is 0 Å². The third-order valence-electron chi connectivity index (χ3n) is 2.72. The molecule has 2 aromatic carbocycles. The number of ether oxygens (including phenoxy) is 1. The summed E-state index contributed by atoms with van der Waals surface area (Å²) >= 11 is 0. The normalized spacial score (nSPS) is 11.8. The van der Waals surface area contributed by atoms with Crippen LogP contribution in [-0.2, 0) is 0 Å². The van der Waals surface area contributed by atoms with Gasteiger partial charge in [0.2, 0.25) is 0 Å². The highest BCUT2D eigenvalue weighted by Gasteiger charge is 2.12. The molecule has 0 spiro atoms. The first kappa shape index (κ1) is 13.1. The van der Waals surface area contributed by atoms with Crippen molar-refractivity contribution in [3.8, 4) is 5.75 Å². The largest absolute Gasteiger partial charge is 0.483 e. The lowest BCUT2D eigenvalue weighted by Crippen LogP contribution is -2.12. The van der Waals surface area contributed by atoms with E-state index in [1.54, 1.807) is 12.1 Å². The second-order valence-corrected chi connectivity index (χ2v) is 4.03. The minimum atomic E-state index is -0.978. The highest BCUT2D eigenvalue weighted by Crippen LogP contribution is 2.22. The molecule has 0 fully saturated rings. The van der Waals surface area contributed by atoms with Gasteiger partial charge in [-0.15, -0.1) is 0 Å². The lowest BCUT2D eigenvalue weighted by Gasteiger charge is -2.17. The van der Waals surface area contributed by atoms with Crippen molar-refractivity contribution in [2.75, 3.05) is 6.61 Å². The average Bonchev–Trinajstić information content (AvgIpc) is 2.46. The lowest BCUT2D eigenvalue weighted by atomic mass is 10.1. The molecule has 1 unspecified atom stereocenters. The number of hydrogen-bond donors (Lipinski definition) is 2. The molecule has 98 valence electrons. The Hall–Kier alpha value is -2.33. The van der Waals surface area contributed by atoms with Crippen molar-refractivity contribution in [3.63, 3.8) is 0 Å². The van der Waals surface area contributed by atoms with Gasteiger partial charge in [0.15, 0.2) is 0 Å². The van der Waals surface area contributed by atoms with Gasteiger partial charge in [-0.1, -0.05) is 30.3 Å². The molecule has 0 amide bonds. The Morgan fingerprint density at radius 2 is 1.68 bits per heavy atom. The monoisotopic (exact) mass is 258 g/mol. The molecule has 0 saturated heterocycles. The molecule has 2 aromatic rings. The number of aliphatic hydroxyl groups is 1. The van der Waals surface area contributed by atoms with Crippen molar-refractivity contribution >= 4 is 5.97 Å². The molecule has 0 heterocycles.